The fourth-order valence-corrected chi connectivity index (χ4v) is 8.79. The van der Waals surface area contributed by atoms with Crippen LogP contribution in [0.15, 0.2) is 0 Å². The van der Waals surface area contributed by atoms with Gasteiger partial charge in [0.05, 0.1) is 13.3 Å². The number of hydrogen-bond acceptors (Lipinski definition) is 7. The van der Waals surface area contributed by atoms with Crippen LogP contribution in [0, 0.1) is 0 Å². The zero-order valence-corrected chi connectivity index (χ0v) is 42.4. The number of rotatable bonds is 47. The van der Waals surface area contributed by atoms with E-state index < -0.39 is 23.9 Å². The molecule has 0 spiro atoms. The highest BCUT2D eigenvalue weighted by atomic mass is 16.3. The minimum Gasteiger partial charge on any atom is -0.395 e. The normalized spacial score (nSPS) is 13.1. The predicted octanol–water partition coefficient (Wildman–Crippen LogP) is 12.5. The lowest BCUT2D eigenvalue weighted by atomic mass is 10.0. The third-order valence-corrected chi connectivity index (χ3v) is 13.1. The zero-order valence-electron chi connectivity index (χ0n) is 42.4. The molecule has 13 heteroatoms. The van der Waals surface area contributed by atoms with Crippen LogP contribution in [0.2, 0.25) is 0 Å². The first-order chi connectivity index (χ1) is 32.2. The van der Waals surface area contributed by atoms with Gasteiger partial charge in [-0.05, 0) is 25.7 Å². The Morgan fingerprint density at radius 2 is 0.929 bits per heavy atom. The fraction of sp³-hybridized carbons (Fsp3) is 0.895. The highest BCUT2D eigenvalue weighted by Gasteiger charge is 2.30. The van der Waals surface area contributed by atoms with Crippen LogP contribution in [-0.4, -0.2) is 90.4 Å². The predicted molar refractivity (Wildman–Crippen MR) is 295 cm³/mol. The maximum atomic E-state index is 13.5. The first-order valence-electron chi connectivity index (χ1n) is 27.5. The van der Waals surface area contributed by atoms with Crippen LogP contribution >= 0.6 is 0 Å². The molecule has 6 N–H and O–H groups in total. The third-order valence-electron chi connectivity index (χ3n) is 13.1. The Labute approximate surface area is 431 Å². The van der Waals surface area contributed by atoms with Crippen LogP contribution in [0.25, 0.3) is 0 Å². The quantitative estimate of drug-likeness (QED) is 0.0259. The second kappa shape index (κ2) is 53.6. The van der Waals surface area contributed by atoms with Gasteiger partial charge >= 0.3 is 0 Å². The van der Waals surface area contributed by atoms with Crippen molar-refractivity contribution in [2.24, 2.45) is 0 Å². The molecule has 0 radical (unpaired) electrons. The highest BCUT2D eigenvalue weighted by molar-refractivity contribution is 5.94. The van der Waals surface area contributed by atoms with E-state index in [1.54, 1.807) is 0 Å². The van der Waals surface area contributed by atoms with E-state index in [9.17, 15) is 28.8 Å². The third kappa shape index (κ3) is 43.6. The minimum atomic E-state index is -1.09. The van der Waals surface area contributed by atoms with Crippen molar-refractivity contribution < 1.29 is 33.9 Å². The van der Waals surface area contributed by atoms with Gasteiger partial charge in [-0.3, -0.25) is 28.8 Å². The van der Waals surface area contributed by atoms with Crippen LogP contribution in [0.4, 0.5) is 0 Å². The van der Waals surface area contributed by atoms with E-state index >= 15 is 0 Å². The largest absolute Gasteiger partial charge is 0.395 e. The molecule has 0 aromatic rings. The fourth-order valence-electron chi connectivity index (χ4n) is 8.79. The summed E-state index contributed by atoms with van der Waals surface area (Å²) in [6.45, 7) is 5.60. The maximum absolute atomic E-state index is 13.5. The summed E-state index contributed by atoms with van der Waals surface area (Å²) in [6.07, 6.45) is 42.1. The molecule has 416 valence electrons. The average molecular weight is 998 g/mol. The molecule has 6 amide bonds. The maximum Gasteiger partial charge on any atom is 0.243 e. The van der Waals surface area contributed by atoms with Gasteiger partial charge in [0.25, 0.3) is 0 Å². The second-order valence-corrected chi connectivity index (χ2v) is 19.1. The topological polar surface area (TPSA) is 186 Å². The van der Waals surface area contributed by atoms with E-state index in [0.717, 1.165) is 25.7 Å². The van der Waals surface area contributed by atoms with E-state index in [4.69, 9.17) is 5.11 Å². The molecule has 1 rings (SSSR count). The molecule has 0 aliphatic carbocycles. The minimum absolute atomic E-state index is 0. The number of nitrogens with zero attached hydrogens (tertiary/aromatic N) is 1. The Kier molecular flexibility index (Phi) is 56.1. The van der Waals surface area contributed by atoms with E-state index in [2.05, 4.69) is 40.4 Å². The summed E-state index contributed by atoms with van der Waals surface area (Å²) in [5, 5.41) is 22.0. The van der Waals surface area contributed by atoms with Crippen molar-refractivity contribution in [2.45, 2.75) is 300 Å². The summed E-state index contributed by atoms with van der Waals surface area (Å²) in [4.78, 5) is 78.0. The summed E-state index contributed by atoms with van der Waals surface area (Å²) in [6, 6.07) is -1.85. The SMILES string of the molecule is C.C.C.C.CCCCCCCCCCCCCCCCCCN(CCCCCCCCCCCCCCCCCC)C(=O)CCC(=O)NCNC(=O)C(CCC(=O)NCCO)NC(=O)C1CCC(=O)N1. The van der Waals surface area contributed by atoms with Crippen LogP contribution in [0.3, 0.4) is 0 Å². The number of unbranched alkanes of at least 4 members (excludes halogenated alkanes) is 30. The summed E-state index contributed by atoms with van der Waals surface area (Å²) in [5.41, 5.74) is 0. The lowest BCUT2D eigenvalue weighted by Crippen LogP contribution is -2.53. The summed E-state index contributed by atoms with van der Waals surface area (Å²) in [7, 11) is 0. The van der Waals surface area contributed by atoms with Crippen molar-refractivity contribution in [1.29, 1.82) is 0 Å². The van der Waals surface area contributed by atoms with Gasteiger partial charge in [-0.2, -0.15) is 0 Å². The summed E-state index contributed by atoms with van der Waals surface area (Å²) in [5.74, 6) is -2.14. The molecular formula is C57H116N6O7. The Morgan fingerprint density at radius 3 is 1.30 bits per heavy atom. The first-order valence-corrected chi connectivity index (χ1v) is 27.5. The zero-order chi connectivity index (χ0) is 48.1. The van der Waals surface area contributed by atoms with Crippen molar-refractivity contribution in [2.75, 3.05) is 32.9 Å². The molecule has 70 heavy (non-hydrogen) atoms. The molecule has 0 aromatic heterocycles. The van der Waals surface area contributed by atoms with E-state index in [-0.39, 0.29) is 105 Å². The molecule has 1 heterocycles. The number of hydrogen-bond donors (Lipinski definition) is 6. The lowest BCUT2D eigenvalue weighted by Gasteiger charge is -2.23. The molecule has 0 aromatic carbocycles. The molecule has 0 saturated carbocycles. The van der Waals surface area contributed by atoms with E-state index in [1.165, 1.54) is 180 Å². The monoisotopic (exact) mass is 997 g/mol. The first kappa shape index (κ1) is 73.3. The van der Waals surface area contributed by atoms with Gasteiger partial charge in [-0.1, -0.05) is 236 Å². The standard InChI is InChI=1S/C53H100N6O7.4CH4/c1-3-5-7-9-11-13-15-17-19-21-23-25-27-29-31-33-42-59(43-34-32-30-28-26-24-22-20-18-16-14-12-10-8-6-4-2)51(64)40-39-49(62)55-45-56-52(65)46(35-37-48(61)54-41-44-60)58-53(66)47-36-38-50(63)57-47;;;;/h46-47,60H,3-45H2,1-2H3,(H,54,61)(H,55,62)(H,56,65)(H,57,63)(H,58,66);4*1H4. The number of aliphatic hydroxyl groups is 1. The number of aliphatic hydroxyl groups excluding tert-OH is 1. The lowest BCUT2D eigenvalue weighted by molar-refractivity contribution is -0.134. The Morgan fingerprint density at radius 1 is 0.543 bits per heavy atom. The van der Waals surface area contributed by atoms with Crippen LogP contribution in [0.1, 0.15) is 288 Å². The van der Waals surface area contributed by atoms with Gasteiger partial charge in [0, 0.05) is 45.3 Å². The van der Waals surface area contributed by atoms with Crippen molar-refractivity contribution >= 4 is 35.4 Å². The van der Waals surface area contributed by atoms with Crippen LogP contribution in [-0.2, 0) is 28.8 Å². The van der Waals surface area contributed by atoms with E-state index in [0.29, 0.717) is 19.5 Å². The number of carbonyl (C=O) groups is 6. The number of nitrogens with one attached hydrogen (secondary N) is 5. The van der Waals surface area contributed by atoms with Gasteiger partial charge < -0.3 is 36.6 Å². The molecule has 1 fully saturated rings. The summed E-state index contributed by atoms with van der Waals surface area (Å²) >= 11 is 0. The van der Waals surface area contributed by atoms with Gasteiger partial charge in [-0.25, -0.2) is 0 Å². The molecular weight excluding hydrogens is 881 g/mol. The second-order valence-electron chi connectivity index (χ2n) is 19.1. The molecule has 2 atom stereocenters. The van der Waals surface area contributed by atoms with Crippen molar-refractivity contribution in [3.05, 3.63) is 0 Å². The smallest absolute Gasteiger partial charge is 0.243 e. The molecule has 1 aliphatic rings. The Bertz CT molecular complexity index is 1220. The molecule has 13 nitrogen and oxygen atoms in total. The Balaban J connectivity index is -0.00000544. The highest BCUT2D eigenvalue weighted by Crippen LogP contribution is 2.17. The molecule has 1 aliphatic heterocycles. The molecule has 1 saturated heterocycles. The van der Waals surface area contributed by atoms with Gasteiger partial charge in [0.1, 0.15) is 12.1 Å². The molecule has 2 unspecified atom stereocenters. The van der Waals surface area contributed by atoms with Crippen LogP contribution < -0.4 is 26.6 Å². The van der Waals surface area contributed by atoms with E-state index in [1.807, 2.05) is 4.90 Å². The Hall–Kier alpha value is -3.22. The van der Waals surface area contributed by atoms with Gasteiger partial charge in [0.2, 0.25) is 35.4 Å². The number of amides is 6. The van der Waals surface area contributed by atoms with Crippen molar-refractivity contribution in [3.8, 4) is 0 Å². The van der Waals surface area contributed by atoms with Gasteiger partial charge in [0.15, 0.2) is 0 Å². The van der Waals surface area contributed by atoms with Crippen molar-refractivity contribution in [3.63, 3.8) is 0 Å². The summed E-state index contributed by atoms with van der Waals surface area (Å²) < 4.78 is 0. The van der Waals surface area contributed by atoms with Gasteiger partial charge in [-0.15, -0.1) is 0 Å². The van der Waals surface area contributed by atoms with Crippen molar-refractivity contribution in [1.82, 2.24) is 31.5 Å². The average Bonchev–Trinajstić information content (AvgIpc) is 3.76. The number of carbonyl (C=O) groups excluding carboxylic acids is 6. The molecule has 0 bridgehead atoms. The van der Waals surface area contributed by atoms with Crippen LogP contribution in [0.5, 0.6) is 0 Å².